The van der Waals surface area contributed by atoms with Crippen LogP contribution in [0.2, 0.25) is 0 Å². The zero-order chi connectivity index (χ0) is 17.6. The summed E-state index contributed by atoms with van der Waals surface area (Å²) in [7, 11) is -3.58. The summed E-state index contributed by atoms with van der Waals surface area (Å²) < 4.78 is 27.2. The summed E-state index contributed by atoms with van der Waals surface area (Å²) >= 11 is 0. The predicted octanol–water partition coefficient (Wildman–Crippen LogP) is 3.07. The van der Waals surface area contributed by atoms with Crippen molar-refractivity contribution in [1.82, 2.24) is 10.0 Å². The molecule has 1 aromatic rings. The first kappa shape index (κ1) is 18.9. The molecule has 1 aliphatic rings. The number of benzene rings is 1. The number of carbonyl (C=O) groups excluding carboxylic acids is 1. The second-order valence-corrected chi connectivity index (χ2v) is 8.70. The molecule has 0 bridgehead atoms. The lowest BCUT2D eigenvalue weighted by Gasteiger charge is -2.16. The molecule has 24 heavy (non-hydrogen) atoms. The van der Waals surface area contributed by atoms with Crippen LogP contribution in [0.5, 0.6) is 0 Å². The molecule has 1 saturated carbocycles. The number of nitrogens with one attached hydrogen (secondary N) is 2. The van der Waals surface area contributed by atoms with Crippen LogP contribution in [0, 0.1) is 5.92 Å². The third-order valence-electron chi connectivity index (χ3n) is 4.28. The van der Waals surface area contributed by atoms with Gasteiger partial charge in [-0.1, -0.05) is 45.6 Å². The zero-order valence-corrected chi connectivity index (χ0v) is 15.4. The fraction of sp³-hybridized carbons (Fsp3) is 0.611. The molecule has 0 spiro atoms. The molecule has 0 aliphatic heterocycles. The molecule has 1 aromatic carbocycles. The van der Waals surface area contributed by atoms with Crippen LogP contribution in [0.3, 0.4) is 0 Å². The minimum atomic E-state index is -3.58. The molecular formula is C18H28N2O3S. The van der Waals surface area contributed by atoms with E-state index in [1.54, 1.807) is 12.1 Å². The van der Waals surface area contributed by atoms with Crippen LogP contribution < -0.4 is 10.0 Å². The Bertz CT molecular complexity index is 648. The number of carbonyl (C=O) groups is 1. The maximum atomic E-state index is 12.4. The first-order chi connectivity index (χ1) is 11.4. The van der Waals surface area contributed by atoms with E-state index in [1.165, 1.54) is 25.0 Å². The second kappa shape index (κ2) is 8.62. The van der Waals surface area contributed by atoms with E-state index >= 15 is 0 Å². The van der Waals surface area contributed by atoms with Crippen molar-refractivity contribution in [2.45, 2.75) is 63.3 Å². The summed E-state index contributed by atoms with van der Waals surface area (Å²) in [4.78, 5) is 12.6. The highest BCUT2D eigenvalue weighted by molar-refractivity contribution is 7.89. The molecule has 0 unspecified atom stereocenters. The molecule has 6 heteroatoms. The predicted molar refractivity (Wildman–Crippen MR) is 95.4 cm³/mol. The standard InChI is InChI=1S/C18H28N2O3S/c1-14(2)13-19-24(22,23)17-11-7-8-15(12-17)18(21)20-16-9-5-3-4-6-10-16/h7-8,11-12,14,16,19H,3-6,9-10,13H2,1-2H3,(H,20,21). The van der Waals surface area contributed by atoms with Gasteiger partial charge in [0.05, 0.1) is 4.90 Å². The van der Waals surface area contributed by atoms with Gasteiger partial charge < -0.3 is 5.32 Å². The average molecular weight is 353 g/mol. The lowest BCUT2D eigenvalue weighted by molar-refractivity contribution is 0.0933. The molecule has 134 valence electrons. The Morgan fingerprint density at radius 2 is 1.83 bits per heavy atom. The number of rotatable bonds is 6. The van der Waals surface area contributed by atoms with Gasteiger partial charge in [0.15, 0.2) is 0 Å². The molecule has 0 heterocycles. The minimum absolute atomic E-state index is 0.136. The van der Waals surface area contributed by atoms with Crippen molar-refractivity contribution >= 4 is 15.9 Å². The van der Waals surface area contributed by atoms with Crippen LogP contribution in [0.4, 0.5) is 0 Å². The fourth-order valence-electron chi connectivity index (χ4n) is 2.86. The Hall–Kier alpha value is -1.40. The summed E-state index contributed by atoms with van der Waals surface area (Å²) in [5.41, 5.74) is 0.395. The lowest BCUT2D eigenvalue weighted by Crippen LogP contribution is -2.34. The van der Waals surface area contributed by atoms with Crippen LogP contribution in [0.25, 0.3) is 0 Å². The van der Waals surface area contributed by atoms with E-state index in [9.17, 15) is 13.2 Å². The number of hydrogen-bond donors (Lipinski definition) is 2. The number of hydrogen-bond acceptors (Lipinski definition) is 3. The maximum Gasteiger partial charge on any atom is 0.251 e. The highest BCUT2D eigenvalue weighted by Crippen LogP contribution is 2.18. The van der Waals surface area contributed by atoms with Crippen LogP contribution in [0.15, 0.2) is 29.2 Å². The van der Waals surface area contributed by atoms with E-state index in [2.05, 4.69) is 10.0 Å². The highest BCUT2D eigenvalue weighted by Gasteiger charge is 2.19. The molecule has 0 radical (unpaired) electrons. The van der Waals surface area contributed by atoms with E-state index in [0.29, 0.717) is 12.1 Å². The third-order valence-corrected chi connectivity index (χ3v) is 5.70. The lowest BCUT2D eigenvalue weighted by atomic mass is 10.1. The first-order valence-corrected chi connectivity index (χ1v) is 10.3. The van der Waals surface area contributed by atoms with Gasteiger partial charge in [-0.05, 0) is 37.0 Å². The first-order valence-electron chi connectivity index (χ1n) is 8.79. The van der Waals surface area contributed by atoms with Crippen molar-refractivity contribution < 1.29 is 13.2 Å². The number of amides is 1. The van der Waals surface area contributed by atoms with Crippen molar-refractivity contribution in [2.24, 2.45) is 5.92 Å². The molecule has 2 rings (SSSR count). The van der Waals surface area contributed by atoms with E-state index in [0.717, 1.165) is 25.7 Å². The summed E-state index contributed by atoms with van der Waals surface area (Å²) in [6.07, 6.45) is 6.72. The Morgan fingerprint density at radius 3 is 2.46 bits per heavy atom. The van der Waals surface area contributed by atoms with E-state index < -0.39 is 10.0 Å². The summed E-state index contributed by atoms with van der Waals surface area (Å²) in [6.45, 7) is 4.26. The monoisotopic (exact) mass is 352 g/mol. The van der Waals surface area contributed by atoms with Crippen molar-refractivity contribution in [3.05, 3.63) is 29.8 Å². The molecule has 1 aliphatic carbocycles. The molecule has 1 amide bonds. The largest absolute Gasteiger partial charge is 0.349 e. The van der Waals surface area contributed by atoms with Crippen molar-refractivity contribution in [1.29, 1.82) is 0 Å². The molecule has 0 saturated heterocycles. The number of sulfonamides is 1. The average Bonchev–Trinajstić information content (AvgIpc) is 2.82. The summed E-state index contributed by atoms with van der Waals surface area (Å²) in [5.74, 6) is 0.0318. The summed E-state index contributed by atoms with van der Waals surface area (Å²) in [6, 6.07) is 6.44. The Morgan fingerprint density at radius 1 is 1.17 bits per heavy atom. The zero-order valence-electron chi connectivity index (χ0n) is 14.5. The highest BCUT2D eigenvalue weighted by atomic mass is 32.2. The molecule has 0 aromatic heterocycles. The SMILES string of the molecule is CC(C)CNS(=O)(=O)c1cccc(C(=O)NC2CCCCCC2)c1. The van der Waals surface area contributed by atoms with Gasteiger partial charge in [0.1, 0.15) is 0 Å². The van der Waals surface area contributed by atoms with Crippen LogP contribution >= 0.6 is 0 Å². The van der Waals surface area contributed by atoms with Crippen LogP contribution in [-0.4, -0.2) is 26.9 Å². The van der Waals surface area contributed by atoms with Gasteiger partial charge in [-0.2, -0.15) is 0 Å². The summed E-state index contributed by atoms with van der Waals surface area (Å²) in [5, 5.41) is 3.05. The van der Waals surface area contributed by atoms with Crippen molar-refractivity contribution in [3.63, 3.8) is 0 Å². The van der Waals surface area contributed by atoms with Gasteiger partial charge in [-0.15, -0.1) is 0 Å². The fourth-order valence-corrected chi connectivity index (χ4v) is 4.12. The second-order valence-electron chi connectivity index (χ2n) is 6.94. The van der Waals surface area contributed by atoms with E-state index in [-0.39, 0.29) is 22.8 Å². The normalized spacial score (nSPS) is 16.8. The Balaban J connectivity index is 2.07. The Kier molecular flexibility index (Phi) is 6.80. The van der Waals surface area contributed by atoms with Gasteiger partial charge >= 0.3 is 0 Å². The third kappa shape index (κ3) is 5.60. The quantitative estimate of drug-likeness (QED) is 0.773. The Labute approximate surface area is 145 Å². The van der Waals surface area contributed by atoms with Gasteiger partial charge in [0.25, 0.3) is 5.91 Å². The van der Waals surface area contributed by atoms with Gasteiger partial charge in [0.2, 0.25) is 10.0 Å². The maximum absolute atomic E-state index is 12.4. The molecule has 0 atom stereocenters. The van der Waals surface area contributed by atoms with Crippen molar-refractivity contribution in [3.8, 4) is 0 Å². The molecular weight excluding hydrogens is 324 g/mol. The van der Waals surface area contributed by atoms with Gasteiger partial charge in [0, 0.05) is 18.2 Å². The molecule has 5 nitrogen and oxygen atoms in total. The van der Waals surface area contributed by atoms with Crippen molar-refractivity contribution in [2.75, 3.05) is 6.54 Å². The molecule has 2 N–H and O–H groups in total. The van der Waals surface area contributed by atoms with Gasteiger partial charge in [-0.3, -0.25) is 4.79 Å². The van der Waals surface area contributed by atoms with Crippen LogP contribution in [0.1, 0.15) is 62.7 Å². The topological polar surface area (TPSA) is 75.3 Å². The van der Waals surface area contributed by atoms with Crippen LogP contribution in [-0.2, 0) is 10.0 Å². The van der Waals surface area contributed by atoms with E-state index in [1.807, 2.05) is 13.8 Å². The smallest absolute Gasteiger partial charge is 0.251 e. The van der Waals surface area contributed by atoms with Gasteiger partial charge in [-0.25, -0.2) is 13.1 Å². The van der Waals surface area contributed by atoms with E-state index in [4.69, 9.17) is 0 Å². The minimum Gasteiger partial charge on any atom is -0.349 e. The molecule has 1 fully saturated rings.